The van der Waals surface area contributed by atoms with Gasteiger partial charge < -0.3 is 10.6 Å². The fourth-order valence-corrected chi connectivity index (χ4v) is 3.21. The number of nitrogens with zero attached hydrogens (tertiary/aromatic N) is 2. The summed E-state index contributed by atoms with van der Waals surface area (Å²) in [4.78, 5) is 2.45. The van der Waals surface area contributed by atoms with Gasteiger partial charge in [-0.25, -0.2) is 0 Å². The minimum absolute atomic E-state index is 0.572. The molecule has 1 atom stereocenters. The van der Waals surface area contributed by atoms with Gasteiger partial charge in [0.25, 0.3) is 0 Å². The Morgan fingerprint density at radius 1 is 1.50 bits per heavy atom. The van der Waals surface area contributed by atoms with Crippen LogP contribution in [0.5, 0.6) is 0 Å². The van der Waals surface area contributed by atoms with Crippen LogP contribution in [0.15, 0.2) is 0 Å². The molecule has 1 heterocycles. The quantitative estimate of drug-likeness (QED) is 0.857. The van der Waals surface area contributed by atoms with Crippen LogP contribution in [0.1, 0.15) is 51.5 Å². The van der Waals surface area contributed by atoms with Crippen LogP contribution in [-0.2, 0) is 0 Å². The van der Waals surface area contributed by atoms with Gasteiger partial charge in [0.2, 0.25) is 0 Å². The highest BCUT2D eigenvalue weighted by Gasteiger charge is 2.32. The molecule has 0 saturated heterocycles. The highest BCUT2D eigenvalue weighted by molar-refractivity contribution is 7.10. The van der Waals surface area contributed by atoms with E-state index in [9.17, 15) is 0 Å². The molecule has 1 unspecified atom stereocenters. The van der Waals surface area contributed by atoms with Gasteiger partial charge in [-0.15, -0.1) is 0 Å². The Kier molecular flexibility index (Phi) is 3.38. The molecule has 2 rings (SSSR count). The normalized spacial score (nSPS) is 17.4. The second-order valence-electron chi connectivity index (χ2n) is 4.60. The standard InChI is InChI=1S/C12H21N3S/c1-4-8(3)15(5-2)12-10(9-6-7-9)11(13)14-16-12/h8-9H,4-7H2,1-3H3,(H2,13,14). The molecule has 1 aliphatic carbocycles. The number of nitrogen functional groups attached to an aromatic ring is 1. The first kappa shape index (κ1) is 11.7. The molecule has 0 amide bonds. The van der Waals surface area contributed by atoms with Crippen LogP contribution in [0.4, 0.5) is 10.8 Å². The van der Waals surface area contributed by atoms with Crippen molar-refractivity contribution in [2.75, 3.05) is 17.2 Å². The lowest BCUT2D eigenvalue weighted by atomic mass is 10.1. The van der Waals surface area contributed by atoms with Crippen molar-refractivity contribution in [2.24, 2.45) is 0 Å². The van der Waals surface area contributed by atoms with Gasteiger partial charge >= 0.3 is 0 Å². The van der Waals surface area contributed by atoms with Crippen LogP contribution in [0, 0.1) is 0 Å². The summed E-state index contributed by atoms with van der Waals surface area (Å²) >= 11 is 1.57. The van der Waals surface area contributed by atoms with E-state index >= 15 is 0 Å². The zero-order chi connectivity index (χ0) is 11.7. The summed E-state index contributed by atoms with van der Waals surface area (Å²) in [5.41, 5.74) is 7.32. The number of rotatable bonds is 5. The van der Waals surface area contributed by atoms with Crippen molar-refractivity contribution in [1.29, 1.82) is 0 Å². The molecule has 0 spiro atoms. The van der Waals surface area contributed by atoms with Gasteiger partial charge in [0.15, 0.2) is 0 Å². The molecule has 16 heavy (non-hydrogen) atoms. The summed E-state index contributed by atoms with van der Waals surface area (Å²) in [6, 6.07) is 0.572. The highest BCUT2D eigenvalue weighted by Crippen LogP contribution is 2.49. The average Bonchev–Trinajstić information content (AvgIpc) is 3.05. The van der Waals surface area contributed by atoms with Gasteiger partial charge in [-0.05, 0) is 50.6 Å². The summed E-state index contributed by atoms with van der Waals surface area (Å²) in [5.74, 6) is 1.45. The maximum absolute atomic E-state index is 5.99. The zero-order valence-corrected chi connectivity index (χ0v) is 11.2. The van der Waals surface area contributed by atoms with Crippen molar-refractivity contribution in [2.45, 2.75) is 52.0 Å². The Bertz CT molecular complexity index is 357. The smallest absolute Gasteiger partial charge is 0.142 e. The zero-order valence-electron chi connectivity index (χ0n) is 10.4. The van der Waals surface area contributed by atoms with E-state index in [4.69, 9.17) is 5.73 Å². The minimum Gasteiger partial charge on any atom is -0.383 e. The molecule has 0 aliphatic heterocycles. The molecule has 0 radical (unpaired) electrons. The molecule has 1 fully saturated rings. The minimum atomic E-state index is 0.572. The van der Waals surface area contributed by atoms with E-state index in [0.717, 1.165) is 18.8 Å². The molecule has 1 aliphatic rings. The second-order valence-corrected chi connectivity index (χ2v) is 5.36. The van der Waals surface area contributed by atoms with Gasteiger partial charge in [0.05, 0.1) is 0 Å². The maximum atomic E-state index is 5.99. The van der Waals surface area contributed by atoms with Crippen molar-refractivity contribution < 1.29 is 0 Å². The summed E-state index contributed by atoms with van der Waals surface area (Å²) in [6.45, 7) is 7.75. The number of hydrogen-bond donors (Lipinski definition) is 1. The van der Waals surface area contributed by atoms with E-state index in [1.807, 2.05) is 0 Å². The van der Waals surface area contributed by atoms with Crippen LogP contribution in [0.3, 0.4) is 0 Å². The monoisotopic (exact) mass is 239 g/mol. The lowest BCUT2D eigenvalue weighted by Crippen LogP contribution is -2.32. The highest BCUT2D eigenvalue weighted by atomic mass is 32.1. The first-order valence-corrected chi connectivity index (χ1v) is 6.98. The summed E-state index contributed by atoms with van der Waals surface area (Å²) in [6.07, 6.45) is 3.73. The third-order valence-electron chi connectivity index (χ3n) is 3.45. The third kappa shape index (κ3) is 2.03. The first-order chi connectivity index (χ1) is 7.69. The Morgan fingerprint density at radius 2 is 2.19 bits per heavy atom. The number of hydrogen-bond acceptors (Lipinski definition) is 4. The predicted octanol–water partition coefficient (Wildman–Crippen LogP) is 3.23. The van der Waals surface area contributed by atoms with Crippen LogP contribution in [0.2, 0.25) is 0 Å². The van der Waals surface area contributed by atoms with Gasteiger partial charge in [0.1, 0.15) is 10.8 Å². The van der Waals surface area contributed by atoms with Crippen molar-refractivity contribution in [3.63, 3.8) is 0 Å². The molecule has 3 nitrogen and oxygen atoms in total. The van der Waals surface area contributed by atoms with E-state index < -0.39 is 0 Å². The molecule has 1 aromatic heterocycles. The predicted molar refractivity (Wildman–Crippen MR) is 71.3 cm³/mol. The van der Waals surface area contributed by atoms with E-state index in [-0.39, 0.29) is 0 Å². The molecule has 90 valence electrons. The summed E-state index contributed by atoms with van der Waals surface area (Å²) in [5, 5.41) is 1.32. The van der Waals surface area contributed by atoms with Crippen LogP contribution < -0.4 is 10.6 Å². The van der Waals surface area contributed by atoms with Crippen LogP contribution >= 0.6 is 11.5 Å². The topological polar surface area (TPSA) is 42.2 Å². The number of anilines is 2. The lowest BCUT2D eigenvalue weighted by molar-refractivity contribution is 0.632. The SMILES string of the molecule is CCC(C)N(CC)c1snc(N)c1C1CC1. The van der Waals surface area contributed by atoms with Crippen LogP contribution in [0.25, 0.3) is 0 Å². The summed E-state index contributed by atoms with van der Waals surface area (Å²) < 4.78 is 4.34. The van der Waals surface area contributed by atoms with E-state index in [1.54, 1.807) is 11.5 Å². The molecule has 0 aromatic carbocycles. The Morgan fingerprint density at radius 3 is 2.69 bits per heavy atom. The van der Waals surface area contributed by atoms with Gasteiger partial charge in [-0.2, -0.15) is 4.37 Å². The van der Waals surface area contributed by atoms with Gasteiger partial charge in [-0.1, -0.05) is 6.92 Å². The summed E-state index contributed by atoms with van der Waals surface area (Å²) in [7, 11) is 0. The molecule has 0 bridgehead atoms. The van der Waals surface area contributed by atoms with Crippen molar-refractivity contribution in [3.05, 3.63) is 5.56 Å². The first-order valence-electron chi connectivity index (χ1n) is 6.20. The maximum Gasteiger partial charge on any atom is 0.142 e. The number of aromatic nitrogens is 1. The largest absolute Gasteiger partial charge is 0.383 e. The third-order valence-corrected chi connectivity index (χ3v) is 4.36. The fraction of sp³-hybridized carbons (Fsp3) is 0.750. The molecular formula is C12H21N3S. The average molecular weight is 239 g/mol. The molecule has 4 heteroatoms. The van der Waals surface area contributed by atoms with Crippen molar-refractivity contribution in [3.8, 4) is 0 Å². The molecule has 1 saturated carbocycles. The van der Waals surface area contributed by atoms with E-state index in [0.29, 0.717) is 12.0 Å². The molecule has 1 aromatic rings. The Balaban J connectivity index is 2.30. The van der Waals surface area contributed by atoms with Crippen LogP contribution in [-0.4, -0.2) is 17.0 Å². The number of nitrogens with two attached hydrogens (primary N) is 1. The Hall–Kier alpha value is -0.770. The van der Waals surface area contributed by atoms with Crippen molar-refractivity contribution >= 4 is 22.4 Å². The van der Waals surface area contributed by atoms with E-state index in [1.165, 1.54) is 23.4 Å². The molecular weight excluding hydrogens is 218 g/mol. The van der Waals surface area contributed by atoms with E-state index in [2.05, 4.69) is 30.0 Å². The lowest BCUT2D eigenvalue weighted by Gasteiger charge is -2.28. The second kappa shape index (κ2) is 4.62. The fourth-order valence-electron chi connectivity index (χ4n) is 2.14. The van der Waals surface area contributed by atoms with Crippen molar-refractivity contribution in [1.82, 2.24) is 4.37 Å². The van der Waals surface area contributed by atoms with Gasteiger partial charge in [-0.3, -0.25) is 0 Å². The van der Waals surface area contributed by atoms with Gasteiger partial charge in [0, 0.05) is 18.2 Å². The Labute approximate surface area is 102 Å². The molecule has 2 N–H and O–H groups in total.